The smallest absolute Gasteiger partial charge is 0.275 e. The zero-order chi connectivity index (χ0) is 21.6. The Balaban J connectivity index is 1.50. The molecule has 0 spiro atoms. The van der Waals surface area contributed by atoms with Crippen LogP contribution in [0.15, 0.2) is 78.9 Å². The van der Waals surface area contributed by atoms with E-state index in [0.29, 0.717) is 24.7 Å². The first kappa shape index (κ1) is 21.1. The summed E-state index contributed by atoms with van der Waals surface area (Å²) in [7, 11) is 1.64. The second-order valence-electron chi connectivity index (χ2n) is 8.06. The minimum atomic E-state index is -0.256. The van der Waals surface area contributed by atoms with E-state index in [9.17, 15) is 9.18 Å². The van der Waals surface area contributed by atoms with Crippen LogP contribution >= 0.6 is 0 Å². The molecule has 31 heavy (non-hydrogen) atoms. The van der Waals surface area contributed by atoms with Crippen LogP contribution in [0.25, 0.3) is 0 Å². The molecule has 1 amide bonds. The van der Waals surface area contributed by atoms with E-state index in [4.69, 9.17) is 4.74 Å². The summed E-state index contributed by atoms with van der Waals surface area (Å²) in [4.78, 5) is 14.2. The van der Waals surface area contributed by atoms with Crippen LogP contribution in [0.4, 0.5) is 4.39 Å². The maximum Gasteiger partial charge on any atom is 0.275 e. The number of amides is 1. The first-order chi connectivity index (χ1) is 15.1. The molecule has 2 atom stereocenters. The van der Waals surface area contributed by atoms with Crippen molar-refractivity contribution in [3.8, 4) is 5.75 Å². The highest BCUT2D eigenvalue weighted by Gasteiger charge is 2.35. The monoisotopic (exact) mass is 419 g/mol. The number of carbonyl (C=O) groups excluding carboxylic acids is 1. The van der Waals surface area contributed by atoms with Crippen LogP contribution in [0.5, 0.6) is 5.75 Å². The van der Waals surface area contributed by atoms with Gasteiger partial charge in [0.25, 0.3) is 5.91 Å². The minimum absolute atomic E-state index is 0.0390. The van der Waals surface area contributed by atoms with E-state index in [0.717, 1.165) is 34.6 Å². The molecule has 5 heteroatoms. The van der Waals surface area contributed by atoms with Gasteiger partial charge in [-0.15, -0.1) is 0 Å². The Kier molecular flexibility index (Phi) is 6.63. The lowest BCUT2D eigenvalue weighted by Crippen LogP contribution is -3.13. The Morgan fingerprint density at radius 1 is 1.00 bits per heavy atom. The molecule has 0 heterocycles. The fourth-order valence-corrected chi connectivity index (χ4v) is 3.95. The standard InChI is InChI=1S/C26H27FN2O2/c1-31-23-15-11-20(12-16-23)26(19-7-3-2-4-8-19)28-25(30)18-29(22-13-14-22)17-21-9-5-6-10-24(21)27/h2-12,15-16,22,26H,13-14,17-18H2,1H3,(H,28,30)/p+1/t26-/m0/s1. The molecule has 0 aromatic heterocycles. The van der Waals surface area contributed by atoms with Crippen molar-refractivity contribution in [2.75, 3.05) is 13.7 Å². The lowest BCUT2D eigenvalue weighted by Gasteiger charge is -2.23. The number of methoxy groups -OCH3 is 1. The fraction of sp³-hybridized carbons (Fsp3) is 0.269. The summed E-state index contributed by atoms with van der Waals surface area (Å²) in [6, 6.07) is 24.7. The summed E-state index contributed by atoms with van der Waals surface area (Å²) in [6.45, 7) is 0.835. The number of halogens is 1. The van der Waals surface area contributed by atoms with Crippen LogP contribution in [0.1, 0.15) is 35.6 Å². The molecule has 2 N–H and O–H groups in total. The van der Waals surface area contributed by atoms with Gasteiger partial charge in [0.2, 0.25) is 0 Å². The van der Waals surface area contributed by atoms with Crippen molar-refractivity contribution in [1.82, 2.24) is 5.32 Å². The third-order valence-corrected chi connectivity index (χ3v) is 5.81. The summed E-state index contributed by atoms with van der Waals surface area (Å²) in [5.41, 5.74) is 2.66. The van der Waals surface area contributed by atoms with Crippen molar-refractivity contribution in [3.05, 3.63) is 101 Å². The van der Waals surface area contributed by atoms with Gasteiger partial charge in [-0.05, 0) is 29.3 Å². The Morgan fingerprint density at radius 3 is 2.29 bits per heavy atom. The van der Waals surface area contributed by atoms with Gasteiger partial charge < -0.3 is 15.0 Å². The average Bonchev–Trinajstić information content (AvgIpc) is 3.65. The molecular formula is C26H28FN2O2+. The molecule has 3 aromatic carbocycles. The topological polar surface area (TPSA) is 42.8 Å². The number of nitrogens with one attached hydrogen (secondary N) is 2. The summed E-state index contributed by atoms with van der Waals surface area (Å²) >= 11 is 0. The second kappa shape index (κ2) is 9.75. The third kappa shape index (κ3) is 5.50. The Hall–Kier alpha value is -3.18. The molecule has 1 fully saturated rings. The van der Waals surface area contributed by atoms with Crippen LogP contribution < -0.4 is 15.0 Å². The quantitative estimate of drug-likeness (QED) is 0.559. The van der Waals surface area contributed by atoms with E-state index in [1.54, 1.807) is 19.2 Å². The fourth-order valence-electron chi connectivity index (χ4n) is 3.95. The minimum Gasteiger partial charge on any atom is -0.497 e. The van der Waals surface area contributed by atoms with E-state index in [1.807, 2.05) is 60.7 Å². The van der Waals surface area contributed by atoms with E-state index in [2.05, 4.69) is 5.32 Å². The van der Waals surface area contributed by atoms with Crippen molar-refractivity contribution in [3.63, 3.8) is 0 Å². The summed E-state index contributed by atoms with van der Waals surface area (Å²) in [5.74, 6) is 0.528. The molecule has 1 aliphatic carbocycles. The zero-order valence-corrected chi connectivity index (χ0v) is 17.7. The number of hydrogen-bond acceptors (Lipinski definition) is 2. The van der Waals surface area contributed by atoms with E-state index in [1.165, 1.54) is 6.07 Å². The van der Waals surface area contributed by atoms with E-state index < -0.39 is 0 Å². The van der Waals surface area contributed by atoms with Gasteiger partial charge in [0.15, 0.2) is 6.54 Å². The van der Waals surface area contributed by atoms with Gasteiger partial charge in [-0.1, -0.05) is 60.7 Å². The van der Waals surface area contributed by atoms with E-state index in [-0.39, 0.29) is 17.8 Å². The predicted molar refractivity (Wildman–Crippen MR) is 118 cm³/mol. The highest BCUT2D eigenvalue weighted by Crippen LogP contribution is 2.24. The van der Waals surface area contributed by atoms with Gasteiger partial charge in [-0.3, -0.25) is 4.79 Å². The highest BCUT2D eigenvalue weighted by molar-refractivity contribution is 5.78. The van der Waals surface area contributed by atoms with Crippen LogP contribution in [0, 0.1) is 5.82 Å². The molecule has 0 radical (unpaired) electrons. The van der Waals surface area contributed by atoms with E-state index >= 15 is 0 Å². The summed E-state index contributed by atoms with van der Waals surface area (Å²) < 4.78 is 19.4. The zero-order valence-electron chi connectivity index (χ0n) is 17.7. The van der Waals surface area contributed by atoms with Gasteiger partial charge in [0.1, 0.15) is 18.1 Å². The first-order valence-electron chi connectivity index (χ1n) is 10.7. The number of quaternary nitrogens is 1. The number of ether oxygens (including phenoxy) is 1. The largest absolute Gasteiger partial charge is 0.497 e. The SMILES string of the molecule is COc1ccc([C@@H](NC(=O)C[NH+](Cc2ccccc2F)C2CC2)c2ccccc2)cc1. The molecule has 0 saturated heterocycles. The number of benzene rings is 3. The van der Waals surface area contributed by atoms with Gasteiger partial charge >= 0.3 is 0 Å². The second-order valence-corrected chi connectivity index (χ2v) is 8.06. The van der Waals surface area contributed by atoms with Crippen molar-refractivity contribution in [2.45, 2.75) is 31.5 Å². The van der Waals surface area contributed by atoms with Crippen LogP contribution in [-0.2, 0) is 11.3 Å². The molecule has 4 nitrogen and oxygen atoms in total. The lowest BCUT2D eigenvalue weighted by molar-refractivity contribution is -0.917. The normalized spacial score (nSPS) is 15.2. The molecule has 1 saturated carbocycles. The van der Waals surface area contributed by atoms with Gasteiger partial charge in [-0.2, -0.15) is 0 Å². The Bertz CT molecular complexity index is 1000. The molecular weight excluding hydrogens is 391 g/mol. The number of hydrogen-bond donors (Lipinski definition) is 2. The van der Waals surface area contributed by atoms with Gasteiger partial charge in [-0.25, -0.2) is 4.39 Å². The maximum absolute atomic E-state index is 14.2. The maximum atomic E-state index is 14.2. The van der Waals surface area contributed by atoms with Crippen molar-refractivity contribution in [2.24, 2.45) is 0 Å². The van der Waals surface area contributed by atoms with Crippen LogP contribution in [0.2, 0.25) is 0 Å². The predicted octanol–water partition coefficient (Wildman–Crippen LogP) is 3.29. The molecule has 1 unspecified atom stereocenters. The highest BCUT2D eigenvalue weighted by atomic mass is 19.1. The Morgan fingerprint density at radius 2 is 1.65 bits per heavy atom. The van der Waals surface area contributed by atoms with Crippen LogP contribution in [-0.4, -0.2) is 25.6 Å². The number of rotatable bonds is 9. The molecule has 3 aromatic rings. The van der Waals surface area contributed by atoms with Crippen molar-refractivity contribution >= 4 is 5.91 Å². The Labute approximate surface area is 182 Å². The van der Waals surface area contributed by atoms with Gasteiger partial charge in [0, 0.05) is 18.4 Å². The first-order valence-corrected chi connectivity index (χ1v) is 10.7. The molecule has 160 valence electrons. The van der Waals surface area contributed by atoms with Crippen molar-refractivity contribution in [1.29, 1.82) is 0 Å². The van der Waals surface area contributed by atoms with Crippen molar-refractivity contribution < 1.29 is 18.8 Å². The molecule has 0 aliphatic heterocycles. The summed E-state index contributed by atoms with van der Waals surface area (Å²) in [5, 5.41) is 3.21. The number of carbonyl (C=O) groups is 1. The molecule has 0 bridgehead atoms. The molecule has 1 aliphatic rings. The average molecular weight is 420 g/mol. The summed E-state index contributed by atoms with van der Waals surface area (Å²) in [6.07, 6.45) is 2.16. The third-order valence-electron chi connectivity index (χ3n) is 5.81. The van der Waals surface area contributed by atoms with Gasteiger partial charge in [0.05, 0.1) is 19.2 Å². The van der Waals surface area contributed by atoms with Crippen LogP contribution in [0.3, 0.4) is 0 Å². The molecule has 4 rings (SSSR count). The lowest BCUT2D eigenvalue weighted by atomic mass is 9.98.